The molecule has 0 heterocycles. The fourth-order valence-electron chi connectivity index (χ4n) is 2.50. The number of aryl methyl sites for hydroxylation is 1. The molecular formula is C16H28N2O. The standard InChI is InChI=1S/C16H28N2O/c1-5-7-10-18(6-2)15(12-17)14-8-9-16(19-4)13(3)11-14/h8-9,11,15H,5-7,10,12,17H2,1-4H3. The maximum atomic E-state index is 6.00. The van der Waals surface area contributed by atoms with E-state index in [0.717, 1.165) is 18.8 Å². The molecule has 19 heavy (non-hydrogen) atoms. The highest BCUT2D eigenvalue weighted by Gasteiger charge is 2.17. The number of hydrogen-bond donors (Lipinski definition) is 1. The Hall–Kier alpha value is -1.06. The summed E-state index contributed by atoms with van der Waals surface area (Å²) in [5.41, 5.74) is 8.46. The second-order valence-electron chi connectivity index (χ2n) is 4.96. The Morgan fingerprint density at radius 3 is 2.53 bits per heavy atom. The topological polar surface area (TPSA) is 38.5 Å². The molecule has 3 heteroatoms. The van der Waals surface area contributed by atoms with Crippen LogP contribution in [-0.4, -0.2) is 31.6 Å². The summed E-state index contributed by atoms with van der Waals surface area (Å²) in [6, 6.07) is 6.69. The number of nitrogens with two attached hydrogens (primary N) is 1. The number of rotatable bonds is 8. The molecule has 0 aliphatic rings. The first kappa shape index (κ1) is 16.0. The molecule has 108 valence electrons. The van der Waals surface area contributed by atoms with Crippen molar-refractivity contribution < 1.29 is 4.74 Å². The third-order valence-corrected chi connectivity index (χ3v) is 3.67. The van der Waals surface area contributed by atoms with Gasteiger partial charge in [0.1, 0.15) is 5.75 Å². The normalized spacial score (nSPS) is 12.7. The molecule has 0 spiro atoms. The number of methoxy groups -OCH3 is 1. The molecule has 0 amide bonds. The predicted octanol–water partition coefficient (Wildman–Crippen LogP) is 3.13. The lowest BCUT2D eigenvalue weighted by Crippen LogP contribution is -2.34. The van der Waals surface area contributed by atoms with E-state index in [0.29, 0.717) is 12.6 Å². The van der Waals surface area contributed by atoms with Crippen LogP contribution < -0.4 is 10.5 Å². The Bertz CT molecular complexity index is 379. The van der Waals surface area contributed by atoms with Gasteiger partial charge < -0.3 is 10.5 Å². The summed E-state index contributed by atoms with van der Waals surface area (Å²) in [6.45, 7) is 9.31. The largest absolute Gasteiger partial charge is 0.496 e. The van der Waals surface area contributed by atoms with Crippen LogP contribution >= 0.6 is 0 Å². The maximum absolute atomic E-state index is 6.00. The predicted molar refractivity (Wildman–Crippen MR) is 81.7 cm³/mol. The van der Waals surface area contributed by atoms with Crippen LogP contribution in [0.3, 0.4) is 0 Å². The van der Waals surface area contributed by atoms with Crippen molar-refractivity contribution in [2.45, 2.75) is 39.7 Å². The molecule has 0 saturated heterocycles. The second kappa shape index (κ2) is 8.18. The Balaban J connectivity index is 2.91. The summed E-state index contributed by atoms with van der Waals surface area (Å²) in [5.74, 6) is 0.941. The van der Waals surface area contributed by atoms with E-state index in [9.17, 15) is 0 Å². The lowest BCUT2D eigenvalue weighted by molar-refractivity contribution is 0.209. The molecule has 0 aliphatic heterocycles. The summed E-state index contributed by atoms with van der Waals surface area (Å²) < 4.78 is 5.32. The van der Waals surface area contributed by atoms with Gasteiger partial charge in [0.25, 0.3) is 0 Å². The summed E-state index contributed by atoms with van der Waals surface area (Å²) in [5, 5.41) is 0. The summed E-state index contributed by atoms with van der Waals surface area (Å²) in [4.78, 5) is 2.46. The Morgan fingerprint density at radius 1 is 1.32 bits per heavy atom. The van der Waals surface area contributed by atoms with Gasteiger partial charge in [-0.3, -0.25) is 4.90 Å². The van der Waals surface area contributed by atoms with E-state index in [1.54, 1.807) is 7.11 Å². The van der Waals surface area contributed by atoms with Crippen LogP contribution in [0.4, 0.5) is 0 Å². The van der Waals surface area contributed by atoms with Gasteiger partial charge in [-0.25, -0.2) is 0 Å². The number of ether oxygens (including phenoxy) is 1. The fourth-order valence-corrected chi connectivity index (χ4v) is 2.50. The van der Waals surface area contributed by atoms with E-state index in [-0.39, 0.29) is 0 Å². The van der Waals surface area contributed by atoms with Gasteiger partial charge in [0.15, 0.2) is 0 Å². The minimum atomic E-state index is 0.307. The lowest BCUT2D eigenvalue weighted by Gasteiger charge is -2.30. The van der Waals surface area contributed by atoms with Crippen LogP contribution in [0.1, 0.15) is 43.9 Å². The first-order valence-electron chi connectivity index (χ1n) is 7.26. The van der Waals surface area contributed by atoms with E-state index in [1.807, 2.05) is 6.07 Å². The van der Waals surface area contributed by atoms with Crippen molar-refractivity contribution in [3.8, 4) is 5.75 Å². The Labute approximate surface area is 117 Å². The van der Waals surface area contributed by atoms with Gasteiger partial charge in [0.2, 0.25) is 0 Å². The zero-order chi connectivity index (χ0) is 14.3. The molecule has 0 saturated carbocycles. The van der Waals surface area contributed by atoms with Crippen molar-refractivity contribution in [1.82, 2.24) is 4.90 Å². The van der Waals surface area contributed by atoms with Gasteiger partial charge in [0.05, 0.1) is 7.11 Å². The summed E-state index contributed by atoms with van der Waals surface area (Å²) in [7, 11) is 1.71. The SMILES string of the molecule is CCCCN(CC)C(CN)c1ccc(OC)c(C)c1. The molecule has 0 fully saturated rings. The molecule has 0 bridgehead atoms. The summed E-state index contributed by atoms with van der Waals surface area (Å²) >= 11 is 0. The average molecular weight is 264 g/mol. The quantitative estimate of drug-likeness (QED) is 0.784. The third kappa shape index (κ3) is 4.22. The first-order chi connectivity index (χ1) is 9.17. The van der Waals surface area contributed by atoms with Crippen molar-refractivity contribution in [2.24, 2.45) is 5.73 Å². The molecule has 1 aromatic carbocycles. The molecule has 0 aliphatic carbocycles. The van der Waals surface area contributed by atoms with Crippen LogP contribution in [-0.2, 0) is 0 Å². The molecule has 3 nitrogen and oxygen atoms in total. The van der Waals surface area contributed by atoms with Crippen LogP contribution in [0.2, 0.25) is 0 Å². The van der Waals surface area contributed by atoms with Crippen LogP contribution in [0.5, 0.6) is 5.75 Å². The third-order valence-electron chi connectivity index (χ3n) is 3.67. The molecule has 1 unspecified atom stereocenters. The molecular weight excluding hydrogens is 236 g/mol. The van der Waals surface area contributed by atoms with E-state index in [2.05, 4.69) is 37.8 Å². The molecule has 1 aromatic rings. The highest BCUT2D eigenvalue weighted by Crippen LogP contribution is 2.25. The molecule has 0 radical (unpaired) electrons. The molecule has 0 aromatic heterocycles. The first-order valence-corrected chi connectivity index (χ1v) is 7.26. The summed E-state index contributed by atoms with van der Waals surface area (Å²) in [6.07, 6.45) is 2.44. The molecule has 1 rings (SSSR count). The van der Waals surface area contributed by atoms with Crippen LogP contribution in [0.15, 0.2) is 18.2 Å². The van der Waals surface area contributed by atoms with Gasteiger partial charge in [-0.15, -0.1) is 0 Å². The van der Waals surface area contributed by atoms with Gasteiger partial charge in [-0.1, -0.05) is 32.4 Å². The fraction of sp³-hybridized carbons (Fsp3) is 0.625. The monoisotopic (exact) mass is 264 g/mol. The highest BCUT2D eigenvalue weighted by atomic mass is 16.5. The zero-order valence-corrected chi connectivity index (χ0v) is 12.8. The number of nitrogens with zero attached hydrogens (tertiary/aromatic N) is 1. The number of likely N-dealkylation sites (N-methyl/N-ethyl adjacent to an activating group) is 1. The molecule has 2 N–H and O–H groups in total. The number of hydrogen-bond acceptors (Lipinski definition) is 3. The smallest absolute Gasteiger partial charge is 0.121 e. The lowest BCUT2D eigenvalue weighted by atomic mass is 10.0. The van der Waals surface area contributed by atoms with Gasteiger partial charge in [-0.05, 0) is 43.6 Å². The Morgan fingerprint density at radius 2 is 2.05 bits per heavy atom. The van der Waals surface area contributed by atoms with Crippen LogP contribution in [0.25, 0.3) is 0 Å². The zero-order valence-electron chi connectivity index (χ0n) is 12.8. The van der Waals surface area contributed by atoms with E-state index < -0.39 is 0 Å². The van der Waals surface area contributed by atoms with Gasteiger partial charge >= 0.3 is 0 Å². The average Bonchev–Trinajstić information content (AvgIpc) is 2.43. The Kier molecular flexibility index (Phi) is 6.89. The van der Waals surface area contributed by atoms with E-state index in [4.69, 9.17) is 10.5 Å². The maximum Gasteiger partial charge on any atom is 0.121 e. The van der Waals surface area contributed by atoms with Crippen LogP contribution in [0, 0.1) is 6.92 Å². The molecule has 1 atom stereocenters. The highest BCUT2D eigenvalue weighted by molar-refractivity contribution is 5.37. The van der Waals surface area contributed by atoms with Crippen molar-refractivity contribution in [3.63, 3.8) is 0 Å². The van der Waals surface area contributed by atoms with E-state index in [1.165, 1.54) is 24.0 Å². The minimum absolute atomic E-state index is 0.307. The van der Waals surface area contributed by atoms with Crippen molar-refractivity contribution >= 4 is 0 Å². The van der Waals surface area contributed by atoms with E-state index >= 15 is 0 Å². The second-order valence-corrected chi connectivity index (χ2v) is 4.96. The number of unbranched alkanes of at least 4 members (excludes halogenated alkanes) is 1. The van der Waals surface area contributed by atoms with Gasteiger partial charge in [-0.2, -0.15) is 0 Å². The van der Waals surface area contributed by atoms with Crippen molar-refractivity contribution in [3.05, 3.63) is 29.3 Å². The van der Waals surface area contributed by atoms with Crippen molar-refractivity contribution in [1.29, 1.82) is 0 Å². The van der Waals surface area contributed by atoms with Gasteiger partial charge in [0, 0.05) is 12.6 Å². The van der Waals surface area contributed by atoms with Crippen molar-refractivity contribution in [2.75, 3.05) is 26.7 Å². The number of benzene rings is 1. The minimum Gasteiger partial charge on any atom is -0.496 e.